The number of carbonyl (C=O) groups is 1. The second-order valence-electron chi connectivity index (χ2n) is 9.69. The van der Waals surface area contributed by atoms with Crippen LogP contribution >= 0.6 is 11.3 Å². The Hall–Kier alpha value is -2.98. The van der Waals surface area contributed by atoms with Crippen molar-refractivity contribution in [2.45, 2.75) is 63.8 Å². The van der Waals surface area contributed by atoms with Gasteiger partial charge in [0.05, 0.1) is 5.56 Å². The van der Waals surface area contributed by atoms with E-state index < -0.39 is 0 Å². The topological polar surface area (TPSA) is 41.5 Å². The molecule has 1 N–H and O–H groups in total. The molecule has 0 aliphatic heterocycles. The molecule has 6 rings (SSSR count). The van der Waals surface area contributed by atoms with Gasteiger partial charge in [-0.3, -0.25) is 4.79 Å². The van der Waals surface area contributed by atoms with Crippen molar-refractivity contribution in [1.82, 2.24) is 5.32 Å². The number of carbonyl (C=O) groups excluding carboxylic acids is 1. The zero-order valence-corrected chi connectivity index (χ0v) is 20.3. The predicted octanol–water partition coefficient (Wildman–Crippen LogP) is 7.75. The van der Waals surface area contributed by atoms with E-state index in [9.17, 15) is 4.79 Å². The molecule has 3 aromatic carbocycles. The first-order valence-corrected chi connectivity index (χ1v) is 13.5. The minimum absolute atomic E-state index is 0.0845. The molecular formula is C30H30N2OS. The first-order chi connectivity index (χ1) is 16.8. The summed E-state index contributed by atoms with van der Waals surface area (Å²) in [5.41, 5.74) is 3.21. The third kappa shape index (κ3) is 4.05. The van der Waals surface area contributed by atoms with E-state index in [0.717, 1.165) is 48.2 Å². The summed E-state index contributed by atoms with van der Waals surface area (Å²) in [7, 11) is 0. The molecule has 2 aliphatic carbocycles. The SMILES string of the molecule is O=C(NC1CCCCC1)c1c(/N=C\c2c3ccccc3cc3ccccc23)sc2c1CCCC2. The summed E-state index contributed by atoms with van der Waals surface area (Å²) in [6, 6.07) is 19.5. The van der Waals surface area contributed by atoms with Crippen LogP contribution in [0.5, 0.6) is 0 Å². The number of hydrogen-bond acceptors (Lipinski definition) is 3. The maximum Gasteiger partial charge on any atom is 0.254 e. The van der Waals surface area contributed by atoms with Crippen molar-refractivity contribution in [3.8, 4) is 0 Å². The number of nitrogens with zero attached hydrogens (tertiary/aromatic N) is 1. The van der Waals surface area contributed by atoms with Crippen LogP contribution in [-0.2, 0) is 12.8 Å². The number of aliphatic imine (C=N–C) groups is 1. The van der Waals surface area contributed by atoms with Crippen molar-refractivity contribution < 1.29 is 4.79 Å². The van der Waals surface area contributed by atoms with Crippen LogP contribution in [0.2, 0.25) is 0 Å². The number of aryl methyl sites for hydroxylation is 1. The van der Waals surface area contributed by atoms with Gasteiger partial charge in [0.1, 0.15) is 5.00 Å². The van der Waals surface area contributed by atoms with Gasteiger partial charge in [0, 0.05) is 22.7 Å². The largest absolute Gasteiger partial charge is 0.349 e. The van der Waals surface area contributed by atoms with Gasteiger partial charge in [-0.1, -0.05) is 67.8 Å². The van der Waals surface area contributed by atoms with Crippen molar-refractivity contribution in [2.24, 2.45) is 4.99 Å². The summed E-state index contributed by atoms with van der Waals surface area (Å²) in [6.45, 7) is 0. The average Bonchev–Trinajstić information content (AvgIpc) is 3.25. The molecule has 172 valence electrons. The first-order valence-electron chi connectivity index (χ1n) is 12.7. The molecule has 4 heteroatoms. The molecule has 0 atom stereocenters. The Balaban J connectivity index is 1.43. The fraction of sp³-hybridized carbons (Fsp3) is 0.333. The molecule has 0 spiro atoms. The molecule has 0 unspecified atom stereocenters. The van der Waals surface area contributed by atoms with Gasteiger partial charge in [-0.15, -0.1) is 11.3 Å². The van der Waals surface area contributed by atoms with Crippen molar-refractivity contribution in [3.05, 3.63) is 76.2 Å². The summed E-state index contributed by atoms with van der Waals surface area (Å²) >= 11 is 1.72. The van der Waals surface area contributed by atoms with Crippen LogP contribution in [0.15, 0.2) is 59.6 Å². The lowest BCUT2D eigenvalue weighted by Gasteiger charge is -2.23. The quantitative estimate of drug-likeness (QED) is 0.242. The van der Waals surface area contributed by atoms with Crippen LogP contribution in [0.25, 0.3) is 21.5 Å². The highest BCUT2D eigenvalue weighted by Gasteiger charge is 2.27. The van der Waals surface area contributed by atoms with Gasteiger partial charge in [0.2, 0.25) is 0 Å². The zero-order chi connectivity index (χ0) is 22.9. The highest BCUT2D eigenvalue weighted by Crippen LogP contribution is 2.40. The Bertz CT molecular complexity index is 1340. The van der Waals surface area contributed by atoms with Gasteiger partial charge in [-0.25, -0.2) is 4.99 Å². The van der Waals surface area contributed by atoms with E-state index in [1.807, 2.05) is 6.21 Å². The second-order valence-corrected chi connectivity index (χ2v) is 10.8. The van der Waals surface area contributed by atoms with E-state index >= 15 is 0 Å². The van der Waals surface area contributed by atoms with E-state index in [2.05, 4.69) is 59.9 Å². The number of thiophene rings is 1. The van der Waals surface area contributed by atoms with E-state index in [4.69, 9.17) is 4.99 Å². The maximum atomic E-state index is 13.5. The Morgan fingerprint density at radius 1 is 0.882 bits per heavy atom. The molecule has 34 heavy (non-hydrogen) atoms. The minimum Gasteiger partial charge on any atom is -0.349 e. The monoisotopic (exact) mass is 466 g/mol. The predicted molar refractivity (Wildman–Crippen MR) is 144 cm³/mol. The van der Waals surface area contributed by atoms with Gasteiger partial charge >= 0.3 is 0 Å². The highest BCUT2D eigenvalue weighted by molar-refractivity contribution is 7.16. The third-order valence-electron chi connectivity index (χ3n) is 7.44. The minimum atomic E-state index is 0.0845. The maximum absolute atomic E-state index is 13.5. The fourth-order valence-electron chi connectivity index (χ4n) is 5.69. The Morgan fingerprint density at radius 2 is 1.56 bits per heavy atom. The Labute approximate surface area is 204 Å². The van der Waals surface area contributed by atoms with Crippen LogP contribution in [0.3, 0.4) is 0 Å². The van der Waals surface area contributed by atoms with Crippen molar-refractivity contribution >= 4 is 50.0 Å². The van der Waals surface area contributed by atoms with E-state index in [-0.39, 0.29) is 5.91 Å². The molecule has 1 fully saturated rings. The molecule has 0 bridgehead atoms. The third-order valence-corrected chi connectivity index (χ3v) is 8.64. The van der Waals surface area contributed by atoms with Crippen LogP contribution in [0, 0.1) is 0 Å². The van der Waals surface area contributed by atoms with Crippen LogP contribution in [-0.4, -0.2) is 18.2 Å². The molecule has 4 aromatic rings. The van der Waals surface area contributed by atoms with Crippen LogP contribution in [0.1, 0.15) is 71.3 Å². The molecule has 0 saturated heterocycles. The van der Waals surface area contributed by atoms with Gasteiger partial charge in [0.15, 0.2) is 0 Å². The molecule has 1 heterocycles. The average molecular weight is 467 g/mol. The summed E-state index contributed by atoms with van der Waals surface area (Å²) < 4.78 is 0. The summed E-state index contributed by atoms with van der Waals surface area (Å²) in [6.07, 6.45) is 12.3. The Kier molecular flexibility index (Phi) is 5.92. The van der Waals surface area contributed by atoms with Gasteiger partial charge in [0.25, 0.3) is 5.91 Å². The van der Waals surface area contributed by atoms with Gasteiger partial charge in [-0.05, 0) is 71.7 Å². The summed E-state index contributed by atoms with van der Waals surface area (Å²) in [4.78, 5) is 19.9. The van der Waals surface area contributed by atoms with E-state index in [1.54, 1.807) is 11.3 Å². The number of fused-ring (bicyclic) bond motifs is 3. The lowest BCUT2D eigenvalue weighted by molar-refractivity contribution is 0.0927. The van der Waals surface area contributed by atoms with Crippen LogP contribution < -0.4 is 5.32 Å². The number of rotatable bonds is 4. The molecular weight excluding hydrogens is 436 g/mol. The van der Waals surface area contributed by atoms with Crippen LogP contribution in [0.4, 0.5) is 5.00 Å². The standard InChI is InChI=1S/C30H30N2OS/c33-29(32-22-12-2-1-3-13-22)28-25-16-8-9-17-27(25)34-30(28)31-19-26-23-14-6-4-10-20(23)18-21-11-5-7-15-24(21)26/h4-7,10-11,14-15,18-19,22H,1-3,8-9,12-13,16-17H2,(H,32,33)/b31-19-. The highest BCUT2D eigenvalue weighted by atomic mass is 32.1. The number of benzene rings is 3. The van der Waals surface area contributed by atoms with E-state index in [0.29, 0.717) is 6.04 Å². The van der Waals surface area contributed by atoms with Crippen molar-refractivity contribution in [2.75, 3.05) is 0 Å². The Morgan fingerprint density at radius 3 is 2.29 bits per heavy atom. The lowest BCUT2D eigenvalue weighted by atomic mass is 9.93. The number of hydrogen-bond donors (Lipinski definition) is 1. The molecule has 0 radical (unpaired) electrons. The molecule has 2 aliphatic rings. The zero-order valence-electron chi connectivity index (χ0n) is 19.5. The second kappa shape index (κ2) is 9.34. The molecule has 3 nitrogen and oxygen atoms in total. The van der Waals surface area contributed by atoms with Crippen molar-refractivity contribution in [1.29, 1.82) is 0 Å². The lowest BCUT2D eigenvalue weighted by Crippen LogP contribution is -2.36. The van der Waals surface area contributed by atoms with Gasteiger partial charge < -0.3 is 5.32 Å². The molecule has 1 amide bonds. The molecule has 1 saturated carbocycles. The normalized spacial score (nSPS) is 16.8. The summed E-state index contributed by atoms with van der Waals surface area (Å²) in [5.74, 6) is 0.0845. The number of nitrogens with one attached hydrogen (secondary N) is 1. The summed E-state index contributed by atoms with van der Waals surface area (Å²) in [5, 5.41) is 9.05. The van der Waals surface area contributed by atoms with Gasteiger partial charge in [-0.2, -0.15) is 0 Å². The fourth-order valence-corrected chi connectivity index (χ4v) is 6.92. The van der Waals surface area contributed by atoms with Crippen molar-refractivity contribution in [3.63, 3.8) is 0 Å². The molecule has 1 aromatic heterocycles. The smallest absolute Gasteiger partial charge is 0.254 e. The number of amides is 1. The first kappa shape index (κ1) is 21.5. The van der Waals surface area contributed by atoms with E-state index in [1.165, 1.54) is 57.7 Å².